The fraction of sp³-hybridized carbons (Fsp3) is 0.317. The summed E-state index contributed by atoms with van der Waals surface area (Å²) in [7, 11) is 0. The van der Waals surface area contributed by atoms with Crippen molar-refractivity contribution in [3.63, 3.8) is 0 Å². The zero-order valence-corrected chi connectivity index (χ0v) is 28.8. The van der Waals surface area contributed by atoms with Gasteiger partial charge in [0.05, 0.1) is 11.7 Å². The van der Waals surface area contributed by atoms with Crippen molar-refractivity contribution in [2.24, 2.45) is 0 Å². The van der Waals surface area contributed by atoms with Crippen molar-refractivity contribution in [1.29, 1.82) is 5.26 Å². The standard InChI is InChI=1S/C41H41N7O2/c1-25-15-31-17-29(23-48-14-11-33(49)24-48)21-43-38(31)40(44-25)45-35-19-34(30-9-5-4-6-10-30)26(2)37(27(35)3)41-46-36-18-28(22-47-12-7-8-13-47)16-32(20-42)39(36)50-41/h4-6,9-10,15-19,21,33,49H,7-8,11-14,22-24H2,1-3H3,(H,44,45)/t33-/m1/s1. The van der Waals surface area contributed by atoms with Crippen LogP contribution in [0.25, 0.3) is 44.6 Å². The molecule has 8 rings (SSSR count). The van der Waals surface area contributed by atoms with Crippen LogP contribution in [0.2, 0.25) is 0 Å². The van der Waals surface area contributed by atoms with Gasteiger partial charge in [-0.2, -0.15) is 5.26 Å². The highest BCUT2D eigenvalue weighted by Gasteiger charge is 2.24. The number of nitrogens with zero attached hydrogens (tertiary/aromatic N) is 6. The summed E-state index contributed by atoms with van der Waals surface area (Å²) in [6.45, 7) is 11.5. The molecule has 2 N–H and O–H groups in total. The molecule has 0 spiro atoms. The molecule has 1 atom stereocenters. The Labute approximate surface area is 292 Å². The average molecular weight is 664 g/mol. The van der Waals surface area contributed by atoms with E-state index in [1.165, 1.54) is 12.8 Å². The van der Waals surface area contributed by atoms with Crippen molar-refractivity contribution < 1.29 is 9.52 Å². The molecule has 0 amide bonds. The summed E-state index contributed by atoms with van der Waals surface area (Å²) in [5, 5.41) is 24.8. The lowest BCUT2D eigenvalue weighted by atomic mass is 9.91. The fourth-order valence-corrected chi connectivity index (χ4v) is 7.69. The first-order chi connectivity index (χ1) is 24.3. The van der Waals surface area contributed by atoms with Gasteiger partial charge in [0.1, 0.15) is 17.1 Å². The Balaban J connectivity index is 1.22. The number of pyridine rings is 2. The minimum atomic E-state index is -0.255. The van der Waals surface area contributed by atoms with Crippen LogP contribution in [-0.2, 0) is 13.1 Å². The van der Waals surface area contributed by atoms with Crippen molar-refractivity contribution in [1.82, 2.24) is 24.8 Å². The third-order valence-electron chi connectivity index (χ3n) is 10.2. The molecule has 2 aliphatic rings. The monoisotopic (exact) mass is 663 g/mol. The van der Waals surface area contributed by atoms with E-state index < -0.39 is 0 Å². The molecular formula is C41H41N7O2. The molecular weight excluding hydrogens is 622 g/mol. The molecule has 0 unspecified atom stereocenters. The van der Waals surface area contributed by atoms with Crippen molar-refractivity contribution >= 4 is 33.5 Å². The number of fused-ring (bicyclic) bond motifs is 2. The number of hydrogen-bond acceptors (Lipinski definition) is 9. The number of anilines is 2. The molecule has 50 heavy (non-hydrogen) atoms. The van der Waals surface area contributed by atoms with E-state index in [0.717, 1.165) is 100 Å². The van der Waals surface area contributed by atoms with Crippen LogP contribution in [0.3, 0.4) is 0 Å². The number of benzene rings is 3. The van der Waals surface area contributed by atoms with Gasteiger partial charge in [-0.25, -0.2) is 9.97 Å². The maximum Gasteiger partial charge on any atom is 0.228 e. The maximum atomic E-state index is 10.1. The zero-order valence-electron chi connectivity index (χ0n) is 28.8. The third kappa shape index (κ3) is 6.22. The number of hydrogen-bond donors (Lipinski definition) is 2. The number of nitrogens with one attached hydrogen (secondary N) is 1. The van der Waals surface area contributed by atoms with Crippen LogP contribution in [0.15, 0.2) is 71.3 Å². The molecule has 5 heterocycles. The number of aryl methyl sites for hydroxylation is 1. The summed E-state index contributed by atoms with van der Waals surface area (Å²) in [6, 6.07) is 23.1. The fourth-order valence-electron chi connectivity index (χ4n) is 7.69. The molecule has 3 aromatic heterocycles. The SMILES string of the molecule is Cc1cc2cc(CN3CC[C@@H](O)C3)cnc2c(Nc2cc(-c3ccccc3)c(C)c(-c3nc4cc(CN5CCCC5)cc(C#N)c4o3)c2C)n1. The lowest BCUT2D eigenvalue weighted by Gasteiger charge is -2.19. The second-order valence-corrected chi connectivity index (χ2v) is 13.9. The smallest absolute Gasteiger partial charge is 0.228 e. The van der Waals surface area contributed by atoms with E-state index >= 15 is 0 Å². The first kappa shape index (κ1) is 32.1. The highest BCUT2D eigenvalue weighted by Crippen LogP contribution is 2.41. The quantitative estimate of drug-likeness (QED) is 0.168. The second kappa shape index (κ2) is 13.3. The van der Waals surface area contributed by atoms with Gasteiger partial charge in [0.25, 0.3) is 0 Å². The summed E-state index contributed by atoms with van der Waals surface area (Å²) in [5.41, 5.74) is 11.5. The van der Waals surface area contributed by atoms with E-state index in [1.807, 2.05) is 37.4 Å². The van der Waals surface area contributed by atoms with E-state index in [9.17, 15) is 10.4 Å². The van der Waals surface area contributed by atoms with Gasteiger partial charge < -0.3 is 14.8 Å². The highest BCUT2D eigenvalue weighted by molar-refractivity contribution is 5.93. The van der Waals surface area contributed by atoms with Gasteiger partial charge in [0.2, 0.25) is 5.89 Å². The van der Waals surface area contributed by atoms with Gasteiger partial charge in [-0.3, -0.25) is 14.8 Å². The predicted octanol–water partition coefficient (Wildman–Crippen LogP) is 7.81. The number of β-amino-alcohol motifs (C(OH)–C–C–N with tert-alkyl or cyclic N) is 1. The van der Waals surface area contributed by atoms with Crippen molar-refractivity contribution in [2.45, 2.75) is 59.2 Å². The number of oxazole rings is 1. The molecule has 252 valence electrons. The molecule has 0 bridgehead atoms. The van der Waals surface area contributed by atoms with Crippen LogP contribution in [0.4, 0.5) is 11.5 Å². The van der Waals surface area contributed by atoms with Crippen LogP contribution in [0.1, 0.15) is 52.8 Å². The van der Waals surface area contributed by atoms with Gasteiger partial charge in [-0.05, 0) is 117 Å². The molecule has 2 saturated heterocycles. The maximum absolute atomic E-state index is 10.1. The van der Waals surface area contributed by atoms with Crippen LogP contribution >= 0.6 is 0 Å². The lowest BCUT2D eigenvalue weighted by Crippen LogP contribution is -2.21. The van der Waals surface area contributed by atoms with E-state index in [1.54, 1.807) is 0 Å². The van der Waals surface area contributed by atoms with Gasteiger partial charge in [0, 0.05) is 54.7 Å². The van der Waals surface area contributed by atoms with Gasteiger partial charge in [0.15, 0.2) is 11.4 Å². The van der Waals surface area contributed by atoms with Crippen molar-refractivity contribution in [3.05, 3.63) is 100 Å². The number of nitriles is 1. The summed E-state index contributed by atoms with van der Waals surface area (Å²) in [6.07, 6.45) is 4.90. The molecule has 2 fully saturated rings. The molecule has 9 nitrogen and oxygen atoms in total. The Bertz CT molecular complexity index is 2270. The van der Waals surface area contributed by atoms with E-state index in [2.05, 4.69) is 71.4 Å². The predicted molar refractivity (Wildman–Crippen MR) is 197 cm³/mol. The van der Waals surface area contributed by atoms with Crippen LogP contribution in [0, 0.1) is 32.1 Å². The molecule has 0 aliphatic carbocycles. The van der Waals surface area contributed by atoms with Gasteiger partial charge >= 0.3 is 0 Å². The van der Waals surface area contributed by atoms with Gasteiger partial charge in [-0.15, -0.1) is 0 Å². The van der Waals surface area contributed by atoms with Crippen molar-refractivity contribution in [2.75, 3.05) is 31.5 Å². The van der Waals surface area contributed by atoms with Crippen LogP contribution in [0.5, 0.6) is 0 Å². The van der Waals surface area contributed by atoms with Crippen LogP contribution in [-0.4, -0.2) is 62.1 Å². The number of aromatic nitrogens is 3. The number of rotatable bonds is 8. The topological polar surface area (TPSA) is 114 Å². The minimum absolute atomic E-state index is 0.255. The Morgan fingerprint density at radius 1 is 0.920 bits per heavy atom. The lowest BCUT2D eigenvalue weighted by molar-refractivity contribution is 0.175. The number of aliphatic hydroxyl groups is 1. The van der Waals surface area contributed by atoms with E-state index in [-0.39, 0.29) is 6.10 Å². The van der Waals surface area contributed by atoms with E-state index in [0.29, 0.717) is 34.9 Å². The molecule has 6 aromatic rings. The van der Waals surface area contributed by atoms with E-state index in [4.69, 9.17) is 19.4 Å². The zero-order chi connectivity index (χ0) is 34.4. The molecule has 3 aromatic carbocycles. The minimum Gasteiger partial charge on any atom is -0.435 e. The Kier molecular flexibility index (Phi) is 8.53. The summed E-state index contributed by atoms with van der Waals surface area (Å²) in [4.78, 5) is 19.6. The number of likely N-dealkylation sites (tertiary alicyclic amines) is 2. The molecule has 0 radical (unpaired) electrons. The highest BCUT2D eigenvalue weighted by atomic mass is 16.3. The third-order valence-corrected chi connectivity index (χ3v) is 10.2. The molecule has 2 aliphatic heterocycles. The second-order valence-electron chi connectivity index (χ2n) is 13.9. The Morgan fingerprint density at radius 3 is 2.48 bits per heavy atom. The summed E-state index contributed by atoms with van der Waals surface area (Å²) >= 11 is 0. The number of aliphatic hydroxyl groups excluding tert-OH is 1. The Hall–Kier alpha value is -5.14. The van der Waals surface area contributed by atoms with Crippen LogP contribution < -0.4 is 5.32 Å². The largest absolute Gasteiger partial charge is 0.435 e. The first-order valence-corrected chi connectivity index (χ1v) is 17.5. The van der Waals surface area contributed by atoms with Gasteiger partial charge in [-0.1, -0.05) is 30.3 Å². The summed E-state index contributed by atoms with van der Waals surface area (Å²) < 4.78 is 6.50. The normalized spacial score (nSPS) is 16.8. The Morgan fingerprint density at radius 2 is 1.72 bits per heavy atom. The molecule has 9 heteroatoms. The summed E-state index contributed by atoms with van der Waals surface area (Å²) in [5.74, 6) is 1.17. The molecule has 0 saturated carbocycles. The van der Waals surface area contributed by atoms with Crippen molar-refractivity contribution in [3.8, 4) is 28.7 Å². The average Bonchev–Trinajstić information content (AvgIpc) is 3.88. The first-order valence-electron chi connectivity index (χ1n) is 17.5.